The first-order valence-corrected chi connectivity index (χ1v) is 15.6. The van der Waals surface area contributed by atoms with Crippen molar-refractivity contribution in [2.24, 2.45) is 5.92 Å². The standard InChI is InChI=1S/C33H63NO/c1-4-5-6-7-8-9-10-11-12-13-14-15-16-17-19-22-25-28-33(30-31-34(2)3)29-26-23-20-18-21-24-27-32-35/h8-9,11-12,32-33H,4-7,10,13-31H2,1-3H3/b9-8-,12-11-. The molecule has 0 bridgehead atoms. The van der Waals surface area contributed by atoms with E-state index in [1.807, 2.05) is 0 Å². The minimum atomic E-state index is 0.751. The maximum absolute atomic E-state index is 10.4. The molecule has 0 fully saturated rings. The summed E-state index contributed by atoms with van der Waals surface area (Å²) in [5.74, 6) is 0.922. The second-order valence-electron chi connectivity index (χ2n) is 11.0. The van der Waals surface area contributed by atoms with Crippen molar-refractivity contribution in [3.63, 3.8) is 0 Å². The first-order chi connectivity index (χ1) is 17.2. The summed E-state index contributed by atoms with van der Waals surface area (Å²) in [5.41, 5.74) is 0. The second kappa shape index (κ2) is 29.3. The van der Waals surface area contributed by atoms with Crippen molar-refractivity contribution in [3.05, 3.63) is 24.3 Å². The monoisotopic (exact) mass is 489 g/mol. The van der Waals surface area contributed by atoms with Gasteiger partial charge in [-0.2, -0.15) is 0 Å². The Morgan fingerprint density at radius 3 is 1.49 bits per heavy atom. The molecule has 206 valence electrons. The molecule has 0 N–H and O–H groups in total. The predicted octanol–water partition coefficient (Wildman–Crippen LogP) is 10.5. The Morgan fingerprint density at radius 2 is 1.00 bits per heavy atom. The molecule has 0 aromatic rings. The van der Waals surface area contributed by atoms with Gasteiger partial charge in [0, 0.05) is 6.42 Å². The average molecular weight is 490 g/mol. The van der Waals surface area contributed by atoms with Crippen LogP contribution in [0.1, 0.15) is 155 Å². The van der Waals surface area contributed by atoms with Crippen LogP contribution in [0.4, 0.5) is 0 Å². The fourth-order valence-electron chi connectivity index (χ4n) is 4.84. The molecule has 0 aromatic heterocycles. The van der Waals surface area contributed by atoms with Gasteiger partial charge in [0.2, 0.25) is 0 Å². The Balaban J connectivity index is 3.63. The molecule has 0 aliphatic rings. The molecule has 0 saturated heterocycles. The molecular formula is C33H63NO. The number of nitrogens with zero attached hydrogens (tertiary/aromatic N) is 1. The summed E-state index contributed by atoms with van der Waals surface area (Å²) in [6, 6.07) is 0. The van der Waals surface area contributed by atoms with Gasteiger partial charge in [-0.15, -0.1) is 0 Å². The van der Waals surface area contributed by atoms with E-state index in [0.717, 1.165) is 31.5 Å². The van der Waals surface area contributed by atoms with Crippen LogP contribution in [0.15, 0.2) is 24.3 Å². The summed E-state index contributed by atoms with van der Waals surface area (Å²) in [4.78, 5) is 12.7. The number of allylic oxidation sites excluding steroid dienone is 4. The Bertz CT molecular complexity index is 468. The first kappa shape index (κ1) is 34.1. The largest absolute Gasteiger partial charge is 0.309 e. The Morgan fingerprint density at radius 1 is 0.543 bits per heavy atom. The first-order valence-electron chi connectivity index (χ1n) is 15.6. The zero-order valence-electron chi connectivity index (χ0n) is 24.3. The zero-order valence-corrected chi connectivity index (χ0v) is 24.3. The molecule has 1 unspecified atom stereocenters. The van der Waals surface area contributed by atoms with Crippen molar-refractivity contribution in [3.8, 4) is 0 Å². The fourth-order valence-corrected chi connectivity index (χ4v) is 4.84. The smallest absolute Gasteiger partial charge is 0.119 e. The molecule has 1 atom stereocenters. The predicted molar refractivity (Wildman–Crippen MR) is 158 cm³/mol. The normalized spacial score (nSPS) is 12.9. The molecule has 2 nitrogen and oxygen atoms in total. The molecule has 0 aliphatic heterocycles. The lowest BCUT2D eigenvalue weighted by molar-refractivity contribution is -0.107. The van der Waals surface area contributed by atoms with Crippen molar-refractivity contribution in [2.75, 3.05) is 20.6 Å². The maximum Gasteiger partial charge on any atom is 0.119 e. The molecular weight excluding hydrogens is 426 g/mol. The van der Waals surface area contributed by atoms with Gasteiger partial charge in [-0.25, -0.2) is 0 Å². The van der Waals surface area contributed by atoms with E-state index < -0.39 is 0 Å². The highest BCUT2D eigenvalue weighted by Gasteiger charge is 2.09. The molecule has 0 aliphatic carbocycles. The minimum Gasteiger partial charge on any atom is -0.309 e. The van der Waals surface area contributed by atoms with Crippen LogP contribution in [0.5, 0.6) is 0 Å². The topological polar surface area (TPSA) is 20.3 Å². The van der Waals surface area contributed by atoms with Gasteiger partial charge in [-0.05, 0) is 71.5 Å². The Kier molecular flexibility index (Phi) is 28.6. The van der Waals surface area contributed by atoms with Crippen LogP contribution in [0.25, 0.3) is 0 Å². The molecule has 0 rings (SSSR count). The molecule has 0 radical (unpaired) electrons. The van der Waals surface area contributed by atoms with Crippen molar-refractivity contribution in [2.45, 2.75) is 155 Å². The van der Waals surface area contributed by atoms with Gasteiger partial charge in [0.15, 0.2) is 0 Å². The fraction of sp³-hybridized carbons (Fsp3) is 0.848. The van der Waals surface area contributed by atoms with E-state index in [-0.39, 0.29) is 0 Å². The van der Waals surface area contributed by atoms with Crippen molar-refractivity contribution in [1.29, 1.82) is 0 Å². The van der Waals surface area contributed by atoms with Gasteiger partial charge in [-0.1, -0.05) is 128 Å². The van der Waals surface area contributed by atoms with Gasteiger partial charge in [-0.3, -0.25) is 0 Å². The van der Waals surface area contributed by atoms with Gasteiger partial charge in [0.1, 0.15) is 6.29 Å². The SMILES string of the molecule is CCCCC/C=C\C/C=C\CCCCCCCCCC(CCCCCCCCC=O)CCN(C)C. The summed E-state index contributed by atoms with van der Waals surface area (Å²) in [6.45, 7) is 3.50. The van der Waals surface area contributed by atoms with Crippen LogP contribution in [0.3, 0.4) is 0 Å². The van der Waals surface area contributed by atoms with E-state index in [1.165, 1.54) is 135 Å². The van der Waals surface area contributed by atoms with Crippen molar-refractivity contribution in [1.82, 2.24) is 4.90 Å². The molecule has 0 saturated carbocycles. The van der Waals surface area contributed by atoms with Gasteiger partial charge >= 0.3 is 0 Å². The minimum absolute atomic E-state index is 0.751. The summed E-state index contributed by atoms with van der Waals surface area (Å²) < 4.78 is 0. The lowest BCUT2D eigenvalue weighted by atomic mass is 9.91. The number of carbonyl (C=O) groups excluding carboxylic acids is 1. The van der Waals surface area contributed by atoms with E-state index in [4.69, 9.17) is 0 Å². The summed E-state index contributed by atoms with van der Waals surface area (Å²) in [6.07, 6.45) is 40.8. The second-order valence-corrected chi connectivity index (χ2v) is 11.0. The molecule has 0 spiro atoms. The maximum atomic E-state index is 10.4. The molecule has 0 heterocycles. The number of carbonyl (C=O) groups is 1. The third kappa shape index (κ3) is 29.2. The van der Waals surface area contributed by atoms with Crippen LogP contribution in [-0.4, -0.2) is 31.8 Å². The zero-order chi connectivity index (χ0) is 25.7. The van der Waals surface area contributed by atoms with E-state index in [9.17, 15) is 4.79 Å². The Labute approximate surface area is 221 Å². The summed E-state index contributed by atoms with van der Waals surface area (Å²) >= 11 is 0. The van der Waals surface area contributed by atoms with Crippen LogP contribution >= 0.6 is 0 Å². The number of rotatable bonds is 28. The van der Waals surface area contributed by atoms with E-state index in [2.05, 4.69) is 50.2 Å². The van der Waals surface area contributed by atoms with E-state index in [1.54, 1.807) is 0 Å². The van der Waals surface area contributed by atoms with Gasteiger partial charge < -0.3 is 9.69 Å². The lowest BCUT2D eigenvalue weighted by Crippen LogP contribution is -2.17. The third-order valence-electron chi connectivity index (χ3n) is 7.23. The quantitative estimate of drug-likeness (QED) is 0.0618. The molecule has 0 aromatic carbocycles. The highest BCUT2D eigenvalue weighted by Crippen LogP contribution is 2.22. The lowest BCUT2D eigenvalue weighted by Gasteiger charge is -2.19. The number of unbranched alkanes of at least 4 members (excludes halogenated alkanes) is 16. The molecule has 0 amide bonds. The number of hydrogen-bond donors (Lipinski definition) is 0. The average Bonchev–Trinajstić information content (AvgIpc) is 2.85. The summed E-state index contributed by atoms with van der Waals surface area (Å²) in [7, 11) is 4.41. The Hall–Kier alpha value is -0.890. The highest BCUT2D eigenvalue weighted by molar-refractivity contribution is 5.48. The van der Waals surface area contributed by atoms with Crippen LogP contribution in [0, 0.1) is 5.92 Å². The van der Waals surface area contributed by atoms with Crippen molar-refractivity contribution < 1.29 is 4.79 Å². The van der Waals surface area contributed by atoms with Crippen LogP contribution in [-0.2, 0) is 4.79 Å². The number of aldehydes is 1. The highest BCUT2D eigenvalue weighted by atomic mass is 16.1. The third-order valence-corrected chi connectivity index (χ3v) is 7.23. The van der Waals surface area contributed by atoms with Gasteiger partial charge in [0.25, 0.3) is 0 Å². The summed E-state index contributed by atoms with van der Waals surface area (Å²) in [5, 5.41) is 0. The van der Waals surface area contributed by atoms with Crippen molar-refractivity contribution >= 4 is 6.29 Å². The van der Waals surface area contributed by atoms with Crippen LogP contribution < -0.4 is 0 Å². The van der Waals surface area contributed by atoms with Crippen LogP contribution in [0.2, 0.25) is 0 Å². The molecule has 35 heavy (non-hydrogen) atoms. The van der Waals surface area contributed by atoms with E-state index in [0.29, 0.717) is 0 Å². The number of hydrogen-bond acceptors (Lipinski definition) is 2. The van der Waals surface area contributed by atoms with E-state index >= 15 is 0 Å². The molecule has 2 heteroatoms. The van der Waals surface area contributed by atoms with Gasteiger partial charge in [0.05, 0.1) is 0 Å².